The van der Waals surface area contributed by atoms with Crippen LogP contribution >= 0.6 is 0 Å². The van der Waals surface area contributed by atoms with E-state index < -0.39 is 0 Å². The van der Waals surface area contributed by atoms with Crippen molar-refractivity contribution in [2.45, 2.75) is 20.4 Å². The molecule has 0 unspecified atom stereocenters. The van der Waals surface area contributed by atoms with Crippen LogP contribution in [-0.2, 0) is 6.54 Å². The van der Waals surface area contributed by atoms with Crippen LogP contribution in [0.15, 0.2) is 91.0 Å². The Balaban J connectivity index is 0.000000357. The average molecular weight is 365 g/mol. The van der Waals surface area contributed by atoms with Gasteiger partial charge in [0.25, 0.3) is 0 Å². The van der Waals surface area contributed by atoms with Crippen LogP contribution in [0.4, 0.5) is 0 Å². The molecule has 3 aromatic rings. The minimum atomic E-state index is 1.03. The topological polar surface area (TPSA) is 15.3 Å². The van der Waals surface area contributed by atoms with Gasteiger partial charge in [-0.15, -0.1) is 0 Å². The number of hydrogen-bond donors (Lipinski definition) is 1. The van der Waals surface area contributed by atoms with Crippen LogP contribution in [0.5, 0.6) is 0 Å². The second-order valence-corrected chi connectivity index (χ2v) is 6.53. The zero-order valence-corrected chi connectivity index (χ0v) is 17.8. The molecule has 0 fully saturated rings. The summed E-state index contributed by atoms with van der Waals surface area (Å²) in [5.41, 5.74) is 4.01. The molecule has 0 spiro atoms. The molecule has 0 aliphatic heterocycles. The van der Waals surface area contributed by atoms with E-state index in [-0.39, 0.29) is 0 Å². The predicted octanol–water partition coefficient (Wildman–Crippen LogP) is 5.57. The molecule has 0 aliphatic rings. The molecule has 1 N–H and O–H groups in total. The number of nitrogens with zero attached hydrogens (tertiary/aromatic N) is 1. The van der Waals surface area contributed by atoms with Crippen molar-refractivity contribution >= 4 is 0 Å². The summed E-state index contributed by atoms with van der Waals surface area (Å²) in [6, 6.07) is 31.0. The second kappa shape index (κ2) is 17.0. The monoisotopic (exact) mass is 364 g/mol. The fraction of sp³-hybridized carbons (Fsp3) is 0.280. The fourth-order valence-corrected chi connectivity index (χ4v) is 2.02. The quantitative estimate of drug-likeness (QED) is 0.639. The van der Waals surface area contributed by atoms with E-state index in [0.717, 1.165) is 6.54 Å². The number of aryl methyl sites for hydroxylation is 2. The first-order valence-corrected chi connectivity index (χ1v) is 9.30. The summed E-state index contributed by atoms with van der Waals surface area (Å²) in [5, 5.41) is 2.75. The molecule has 27 heavy (non-hydrogen) atoms. The van der Waals surface area contributed by atoms with Gasteiger partial charge >= 0.3 is 0 Å². The summed E-state index contributed by atoms with van der Waals surface area (Å²) in [5.74, 6) is 0. The van der Waals surface area contributed by atoms with Gasteiger partial charge in [0.1, 0.15) is 0 Å². The number of benzene rings is 3. The van der Waals surface area contributed by atoms with Gasteiger partial charge in [0.05, 0.1) is 0 Å². The molecule has 0 amide bonds. The van der Waals surface area contributed by atoms with E-state index in [0.29, 0.717) is 0 Å². The lowest BCUT2D eigenvalue weighted by Crippen LogP contribution is -2.10. The van der Waals surface area contributed by atoms with Gasteiger partial charge in [-0.2, -0.15) is 0 Å². The van der Waals surface area contributed by atoms with Gasteiger partial charge < -0.3 is 10.2 Å². The SMILES string of the molecule is CN(C)Cc1ccccc1.CNC.Cc1ccccc1.Cc1ccccc1. The maximum Gasteiger partial charge on any atom is 0.0227 e. The van der Waals surface area contributed by atoms with Crippen molar-refractivity contribution in [2.24, 2.45) is 0 Å². The van der Waals surface area contributed by atoms with Crippen LogP contribution in [-0.4, -0.2) is 33.1 Å². The first-order valence-electron chi connectivity index (χ1n) is 9.30. The molecular formula is C25H36N2. The Hall–Kier alpha value is -2.42. The molecule has 0 aliphatic carbocycles. The molecule has 0 atom stereocenters. The Morgan fingerprint density at radius 1 is 0.593 bits per heavy atom. The van der Waals surface area contributed by atoms with E-state index >= 15 is 0 Å². The zero-order chi connectivity index (χ0) is 20.3. The smallest absolute Gasteiger partial charge is 0.0227 e. The largest absolute Gasteiger partial charge is 0.323 e. The third kappa shape index (κ3) is 16.8. The normalized spacial score (nSPS) is 9.00. The molecule has 2 nitrogen and oxygen atoms in total. The summed E-state index contributed by atoms with van der Waals surface area (Å²) in [6.07, 6.45) is 0. The summed E-state index contributed by atoms with van der Waals surface area (Å²) in [6.45, 7) is 5.20. The lowest BCUT2D eigenvalue weighted by atomic mass is 10.2. The molecule has 0 aromatic heterocycles. The lowest BCUT2D eigenvalue weighted by molar-refractivity contribution is 0.402. The highest BCUT2D eigenvalue weighted by molar-refractivity contribution is 5.14. The first kappa shape index (κ1) is 24.6. The van der Waals surface area contributed by atoms with Crippen LogP contribution in [0.2, 0.25) is 0 Å². The highest BCUT2D eigenvalue weighted by Gasteiger charge is 1.90. The number of hydrogen-bond acceptors (Lipinski definition) is 2. The van der Waals surface area contributed by atoms with Gasteiger partial charge in [-0.3, -0.25) is 0 Å². The van der Waals surface area contributed by atoms with E-state index in [1.54, 1.807) is 0 Å². The van der Waals surface area contributed by atoms with Crippen LogP contribution in [0.3, 0.4) is 0 Å². The third-order valence-electron chi connectivity index (χ3n) is 3.22. The van der Waals surface area contributed by atoms with E-state index in [2.05, 4.69) is 86.7 Å². The maximum absolute atomic E-state index is 2.75. The summed E-state index contributed by atoms with van der Waals surface area (Å²) in [4.78, 5) is 2.16. The van der Waals surface area contributed by atoms with Crippen molar-refractivity contribution in [3.05, 3.63) is 108 Å². The van der Waals surface area contributed by atoms with E-state index in [1.807, 2.05) is 56.6 Å². The average Bonchev–Trinajstić information content (AvgIpc) is 2.65. The number of nitrogens with one attached hydrogen (secondary N) is 1. The van der Waals surface area contributed by atoms with Crippen molar-refractivity contribution in [2.75, 3.05) is 28.2 Å². The van der Waals surface area contributed by atoms with Gasteiger partial charge in [0.15, 0.2) is 0 Å². The van der Waals surface area contributed by atoms with E-state index in [4.69, 9.17) is 0 Å². The van der Waals surface area contributed by atoms with Gasteiger partial charge in [-0.25, -0.2) is 0 Å². The molecule has 0 saturated carbocycles. The summed E-state index contributed by atoms with van der Waals surface area (Å²) >= 11 is 0. The number of rotatable bonds is 2. The predicted molar refractivity (Wildman–Crippen MR) is 121 cm³/mol. The highest BCUT2D eigenvalue weighted by Crippen LogP contribution is 1.99. The van der Waals surface area contributed by atoms with Crippen LogP contribution in [0.1, 0.15) is 16.7 Å². The van der Waals surface area contributed by atoms with Crippen molar-refractivity contribution in [3.63, 3.8) is 0 Å². The molecular weight excluding hydrogens is 328 g/mol. The summed E-state index contributed by atoms with van der Waals surface area (Å²) in [7, 11) is 7.90. The minimum Gasteiger partial charge on any atom is -0.323 e. The van der Waals surface area contributed by atoms with Gasteiger partial charge in [-0.1, -0.05) is 102 Å². The van der Waals surface area contributed by atoms with Crippen molar-refractivity contribution < 1.29 is 0 Å². The fourth-order valence-electron chi connectivity index (χ4n) is 2.02. The Labute approximate surface area is 166 Å². The molecule has 3 rings (SSSR count). The van der Waals surface area contributed by atoms with Crippen LogP contribution in [0, 0.1) is 13.8 Å². The van der Waals surface area contributed by atoms with Gasteiger partial charge in [-0.05, 0) is 47.6 Å². The van der Waals surface area contributed by atoms with Crippen molar-refractivity contribution in [3.8, 4) is 0 Å². The van der Waals surface area contributed by atoms with Crippen LogP contribution < -0.4 is 5.32 Å². The molecule has 0 saturated heterocycles. The minimum absolute atomic E-state index is 1.03. The van der Waals surface area contributed by atoms with Crippen molar-refractivity contribution in [1.82, 2.24) is 10.2 Å². The maximum atomic E-state index is 2.75. The first-order chi connectivity index (χ1) is 13.0. The molecule has 0 bridgehead atoms. The third-order valence-corrected chi connectivity index (χ3v) is 3.22. The molecule has 0 radical (unpaired) electrons. The van der Waals surface area contributed by atoms with Gasteiger partial charge in [0.2, 0.25) is 0 Å². The van der Waals surface area contributed by atoms with Gasteiger partial charge in [0, 0.05) is 6.54 Å². The van der Waals surface area contributed by atoms with Crippen LogP contribution in [0.25, 0.3) is 0 Å². The molecule has 2 heteroatoms. The summed E-state index contributed by atoms with van der Waals surface area (Å²) < 4.78 is 0. The Bertz CT molecular complexity index is 612. The zero-order valence-electron chi connectivity index (χ0n) is 17.8. The highest BCUT2D eigenvalue weighted by atomic mass is 15.0. The molecule has 0 heterocycles. The Morgan fingerprint density at radius 2 is 0.889 bits per heavy atom. The lowest BCUT2D eigenvalue weighted by Gasteiger charge is -2.08. The second-order valence-electron chi connectivity index (χ2n) is 6.53. The van der Waals surface area contributed by atoms with E-state index in [9.17, 15) is 0 Å². The van der Waals surface area contributed by atoms with E-state index in [1.165, 1.54) is 16.7 Å². The Morgan fingerprint density at radius 3 is 1.11 bits per heavy atom. The molecule has 146 valence electrons. The van der Waals surface area contributed by atoms with Crippen molar-refractivity contribution in [1.29, 1.82) is 0 Å². The standard InChI is InChI=1S/C9H13N.2C7H8.C2H7N/c1-10(2)8-9-6-4-3-5-7-9;2*1-7-5-3-2-4-6-7;1-3-2/h3-7H,8H2,1-2H3;2*2-6H,1H3;3H,1-2H3. The molecule has 3 aromatic carbocycles. The Kier molecular flexibility index (Phi) is 15.5.